The highest BCUT2D eigenvalue weighted by molar-refractivity contribution is 14.1. The minimum atomic E-state index is -0.564. The van der Waals surface area contributed by atoms with Crippen LogP contribution in [0.4, 0.5) is 5.69 Å². The quantitative estimate of drug-likeness (QED) is 0.499. The Labute approximate surface area is 94.2 Å². The Morgan fingerprint density at radius 3 is 2.79 bits per heavy atom. The highest BCUT2D eigenvalue weighted by Gasteiger charge is 2.14. The predicted octanol–water partition coefficient (Wildman–Crippen LogP) is 1.19. The number of rotatable bonds is 3. The van der Waals surface area contributed by atoms with Crippen molar-refractivity contribution in [2.75, 3.05) is 6.61 Å². The van der Waals surface area contributed by atoms with E-state index in [-0.39, 0.29) is 12.3 Å². The molecule has 1 rings (SSSR count). The molecule has 14 heavy (non-hydrogen) atoms. The fourth-order valence-corrected chi connectivity index (χ4v) is 1.54. The SMILES string of the molecule is N[C@@H](CO)c1ccc(I)c([N+](=O)[O-])c1. The summed E-state index contributed by atoms with van der Waals surface area (Å²) in [6.45, 7) is -0.224. The van der Waals surface area contributed by atoms with Gasteiger partial charge in [0.05, 0.1) is 21.1 Å². The Kier molecular flexibility index (Phi) is 3.78. The first kappa shape index (κ1) is 11.3. The van der Waals surface area contributed by atoms with Gasteiger partial charge in [0.2, 0.25) is 0 Å². The molecule has 0 heterocycles. The largest absolute Gasteiger partial charge is 0.394 e. The number of halogens is 1. The van der Waals surface area contributed by atoms with Crippen LogP contribution in [0.25, 0.3) is 0 Å². The van der Waals surface area contributed by atoms with Gasteiger partial charge in [0, 0.05) is 6.07 Å². The van der Waals surface area contributed by atoms with Gasteiger partial charge < -0.3 is 10.8 Å². The third kappa shape index (κ3) is 2.40. The molecule has 0 spiro atoms. The van der Waals surface area contributed by atoms with Crippen molar-refractivity contribution in [2.45, 2.75) is 6.04 Å². The van der Waals surface area contributed by atoms with Crippen LogP contribution in [0.2, 0.25) is 0 Å². The molecule has 0 radical (unpaired) electrons. The number of nitro groups is 1. The fourth-order valence-electron chi connectivity index (χ4n) is 1.01. The van der Waals surface area contributed by atoms with Crippen LogP contribution in [0, 0.1) is 13.7 Å². The van der Waals surface area contributed by atoms with E-state index in [0.29, 0.717) is 9.13 Å². The van der Waals surface area contributed by atoms with Gasteiger partial charge in [0.25, 0.3) is 5.69 Å². The van der Waals surface area contributed by atoms with Crippen molar-refractivity contribution in [3.8, 4) is 0 Å². The summed E-state index contributed by atoms with van der Waals surface area (Å²) >= 11 is 1.88. The number of benzene rings is 1. The van der Waals surface area contributed by atoms with Gasteiger partial charge in [-0.15, -0.1) is 0 Å². The molecule has 1 aromatic carbocycles. The molecule has 0 aliphatic rings. The van der Waals surface area contributed by atoms with Crippen molar-refractivity contribution in [1.82, 2.24) is 0 Å². The first-order valence-corrected chi connectivity index (χ1v) is 4.94. The van der Waals surface area contributed by atoms with E-state index in [1.807, 2.05) is 22.6 Å². The molecule has 0 saturated carbocycles. The molecule has 0 aromatic heterocycles. The van der Waals surface area contributed by atoms with Gasteiger partial charge in [-0.2, -0.15) is 0 Å². The van der Waals surface area contributed by atoms with E-state index in [9.17, 15) is 10.1 Å². The minimum absolute atomic E-state index is 0.0204. The molecule has 1 atom stereocenters. The predicted molar refractivity (Wildman–Crippen MR) is 59.8 cm³/mol. The molecule has 0 amide bonds. The van der Waals surface area contributed by atoms with Gasteiger partial charge in [0.15, 0.2) is 0 Å². The Morgan fingerprint density at radius 2 is 2.29 bits per heavy atom. The summed E-state index contributed by atoms with van der Waals surface area (Å²) in [5.41, 5.74) is 6.13. The molecule has 0 bridgehead atoms. The van der Waals surface area contributed by atoms with Crippen LogP contribution >= 0.6 is 22.6 Å². The third-order valence-corrected chi connectivity index (χ3v) is 2.70. The molecule has 0 unspecified atom stereocenters. The number of aliphatic hydroxyl groups is 1. The number of hydrogen-bond donors (Lipinski definition) is 2. The second-order valence-corrected chi connectivity index (χ2v) is 3.92. The van der Waals surface area contributed by atoms with Gasteiger partial charge >= 0.3 is 0 Å². The maximum atomic E-state index is 10.6. The fraction of sp³-hybridized carbons (Fsp3) is 0.250. The smallest absolute Gasteiger partial charge is 0.282 e. The van der Waals surface area contributed by atoms with E-state index in [1.54, 1.807) is 12.1 Å². The highest BCUT2D eigenvalue weighted by atomic mass is 127. The lowest BCUT2D eigenvalue weighted by Crippen LogP contribution is -2.14. The monoisotopic (exact) mass is 308 g/mol. The number of aliphatic hydroxyl groups excluding tert-OH is 1. The van der Waals surface area contributed by atoms with Gasteiger partial charge in [0.1, 0.15) is 0 Å². The summed E-state index contributed by atoms with van der Waals surface area (Å²) in [6.07, 6.45) is 0. The molecule has 0 saturated heterocycles. The van der Waals surface area contributed by atoms with E-state index in [0.717, 1.165) is 0 Å². The van der Waals surface area contributed by atoms with Crippen LogP contribution in [0.5, 0.6) is 0 Å². The molecule has 3 N–H and O–H groups in total. The van der Waals surface area contributed by atoms with Crippen LogP contribution < -0.4 is 5.73 Å². The molecule has 5 nitrogen and oxygen atoms in total. The Balaban J connectivity index is 3.12. The molecule has 1 aromatic rings. The lowest BCUT2D eigenvalue weighted by atomic mass is 10.1. The lowest BCUT2D eigenvalue weighted by Gasteiger charge is -2.08. The second kappa shape index (κ2) is 4.67. The zero-order valence-corrected chi connectivity index (χ0v) is 9.34. The lowest BCUT2D eigenvalue weighted by molar-refractivity contribution is -0.385. The van der Waals surface area contributed by atoms with Crippen LogP contribution in [0.15, 0.2) is 18.2 Å². The first-order chi connectivity index (χ1) is 6.56. The van der Waals surface area contributed by atoms with Gasteiger partial charge in [-0.25, -0.2) is 0 Å². The number of nitrogens with two attached hydrogens (primary N) is 1. The number of hydrogen-bond acceptors (Lipinski definition) is 4. The summed E-state index contributed by atoms with van der Waals surface area (Å²) in [5.74, 6) is 0. The Bertz CT molecular complexity index is 356. The average molecular weight is 308 g/mol. The van der Waals surface area contributed by atoms with Gasteiger partial charge in [-0.1, -0.05) is 6.07 Å². The van der Waals surface area contributed by atoms with Crippen LogP contribution in [0.3, 0.4) is 0 Å². The van der Waals surface area contributed by atoms with Crippen molar-refractivity contribution >= 4 is 28.3 Å². The van der Waals surface area contributed by atoms with Crippen molar-refractivity contribution in [3.05, 3.63) is 37.4 Å². The topological polar surface area (TPSA) is 89.4 Å². The van der Waals surface area contributed by atoms with Crippen molar-refractivity contribution in [1.29, 1.82) is 0 Å². The maximum Gasteiger partial charge on any atom is 0.282 e. The normalized spacial score (nSPS) is 12.5. The second-order valence-electron chi connectivity index (χ2n) is 2.76. The molecular formula is C8H9IN2O3. The summed E-state index contributed by atoms with van der Waals surface area (Å²) < 4.78 is 0.557. The minimum Gasteiger partial charge on any atom is -0.394 e. The molecule has 0 aliphatic heterocycles. The van der Waals surface area contributed by atoms with Crippen LogP contribution in [-0.4, -0.2) is 16.6 Å². The average Bonchev–Trinajstić information content (AvgIpc) is 2.17. The molecule has 0 fully saturated rings. The van der Waals surface area contributed by atoms with E-state index in [2.05, 4.69) is 0 Å². The van der Waals surface area contributed by atoms with Crippen molar-refractivity contribution in [2.24, 2.45) is 5.73 Å². The van der Waals surface area contributed by atoms with Crippen molar-refractivity contribution in [3.63, 3.8) is 0 Å². The maximum absolute atomic E-state index is 10.6. The molecule has 6 heteroatoms. The summed E-state index contributed by atoms with van der Waals surface area (Å²) in [6, 6.07) is 4.12. The number of nitro benzene ring substituents is 1. The molecule has 76 valence electrons. The summed E-state index contributed by atoms with van der Waals surface area (Å²) in [4.78, 5) is 10.1. The van der Waals surface area contributed by atoms with Crippen LogP contribution in [0.1, 0.15) is 11.6 Å². The Hall–Kier alpha value is -0.730. The van der Waals surface area contributed by atoms with Crippen molar-refractivity contribution < 1.29 is 10.0 Å². The standard InChI is InChI=1S/C8H9IN2O3/c9-6-2-1-5(7(10)4-12)3-8(6)11(13)14/h1-3,7,12H,4,10H2/t7-/m0/s1. The zero-order chi connectivity index (χ0) is 10.7. The van der Waals surface area contributed by atoms with E-state index in [4.69, 9.17) is 10.8 Å². The highest BCUT2D eigenvalue weighted by Crippen LogP contribution is 2.24. The van der Waals surface area contributed by atoms with E-state index >= 15 is 0 Å². The van der Waals surface area contributed by atoms with E-state index < -0.39 is 11.0 Å². The molecule has 0 aliphatic carbocycles. The Morgan fingerprint density at radius 1 is 1.64 bits per heavy atom. The van der Waals surface area contributed by atoms with Gasteiger partial charge in [-0.05, 0) is 34.2 Å². The molecular weight excluding hydrogens is 299 g/mol. The zero-order valence-electron chi connectivity index (χ0n) is 7.18. The van der Waals surface area contributed by atoms with Gasteiger partial charge in [-0.3, -0.25) is 10.1 Å². The summed E-state index contributed by atoms with van der Waals surface area (Å²) in [5, 5.41) is 19.4. The van der Waals surface area contributed by atoms with Crippen LogP contribution in [-0.2, 0) is 0 Å². The number of nitrogens with zero attached hydrogens (tertiary/aromatic N) is 1. The third-order valence-electron chi connectivity index (χ3n) is 1.79. The summed E-state index contributed by atoms with van der Waals surface area (Å²) in [7, 11) is 0. The first-order valence-electron chi connectivity index (χ1n) is 3.86. The van der Waals surface area contributed by atoms with E-state index in [1.165, 1.54) is 6.07 Å².